The Hall–Kier alpha value is -3.14. The Morgan fingerprint density at radius 1 is 0.750 bits per heavy atom. The van der Waals surface area contributed by atoms with E-state index in [1.807, 2.05) is 24.3 Å². The second kappa shape index (κ2) is 9.18. The maximum absolute atomic E-state index is 10.1. The Morgan fingerprint density at radius 3 is 1.57 bits per heavy atom. The summed E-state index contributed by atoms with van der Waals surface area (Å²) in [6.07, 6.45) is 11.1. The molecule has 4 heteroatoms. The van der Waals surface area contributed by atoms with Crippen LogP contribution in [0, 0.1) is 0 Å². The predicted molar refractivity (Wildman–Crippen MR) is 118 cm³/mol. The molecule has 2 atom stereocenters. The van der Waals surface area contributed by atoms with Gasteiger partial charge in [-0.1, -0.05) is 50.3 Å². The van der Waals surface area contributed by atoms with Crippen LogP contribution in [0.15, 0.2) is 59.5 Å². The van der Waals surface area contributed by atoms with Gasteiger partial charge in [0.05, 0.1) is 12.1 Å². The fourth-order valence-corrected chi connectivity index (χ4v) is 3.40. The van der Waals surface area contributed by atoms with Crippen molar-refractivity contribution < 1.29 is 10.2 Å². The summed E-state index contributed by atoms with van der Waals surface area (Å²) in [5.74, 6) is 0.410. The minimum atomic E-state index is 0.0570. The summed E-state index contributed by atoms with van der Waals surface area (Å²) in [6, 6.07) is 10.8. The third-order valence-corrected chi connectivity index (χ3v) is 5.08. The fourth-order valence-electron chi connectivity index (χ4n) is 3.40. The van der Waals surface area contributed by atoms with Crippen LogP contribution in [0.5, 0.6) is 11.5 Å². The first-order valence-corrected chi connectivity index (χ1v) is 9.58. The standard InChI is InChI=1S/C24H26N2O2/c1-3-17-9-11-23(27)19(13-17)15-25-21-7-5-6-8-22(21)26-16-20-14-18(4-2)10-12-24(20)28/h3-4,9-16,21-22,27-28H,1-2,5-8H2. The molecule has 0 bridgehead atoms. The summed E-state index contributed by atoms with van der Waals surface area (Å²) in [5.41, 5.74) is 3.24. The number of aliphatic imine (C=N–C) groups is 2. The quantitative estimate of drug-likeness (QED) is 0.680. The normalized spacial score (nSPS) is 19.9. The molecule has 144 valence electrons. The van der Waals surface area contributed by atoms with Crippen molar-refractivity contribution in [3.63, 3.8) is 0 Å². The zero-order chi connectivity index (χ0) is 19.9. The highest BCUT2D eigenvalue weighted by Gasteiger charge is 2.23. The molecule has 2 unspecified atom stereocenters. The van der Waals surface area contributed by atoms with Crippen LogP contribution in [0.3, 0.4) is 0 Å². The highest BCUT2D eigenvalue weighted by atomic mass is 16.3. The Kier molecular flexibility index (Phi) is 6.43. The van der Waals surface area contributed by atoms with Crippen molar-refractivity contribution in [3.8, 4) is 11.5 Å². The zero-order valence-electron chi connectivity index (χ0n) is 16.0. The molecule has 0 aliphatic heterocycles. The molecule has 2 aromatic rings. The smallest absolute Gasteiger partial charge is 0.124 e. The summed E-state index contributed by atoms with van der Waals surface area (Å²) >= 11 is 0. The van der Waals surface area contributed by atoms with Crippen LogP contribution in [-0.4, -0.2) is 34.7 Å². The largest absolute Gasteiger partial charge is 0.507 e. The monoisotopic (exact) mass is 374 g/mol. The van der Waals surface area contributed by atoms with E-state index in [4.69, 9.17) is 9.98 Å². The van der Waals surface area contributed by atoms with Crippen molar-refractivity contribution in [2.24, 2.45) is 9.98 Å². The molecule has 1 aliphatic rings. The molecule has 2 N–H and O–H groups in total. The zero-order valence-corrected chi connectivity index (χ0v) is 16.0. The predicted octanol–water partition coefficient (Wildman–Crippen LogP) is 5.23. The van der Waals surface area contributed by atoms with Gasteiger partial charge in [-0.3, -0.25) is 9.98 Å². The van der Waals surface area contributed by atoms with Gasteiger partial charge in [0.1, 0.15) is 11.5 Å². The molecule has 1 saturated carbocycles. The summed E-state index contributed by atoms with van der Waals surface area (Å²) in [4.78, 5) is 9.46. The van der Waals surface area contributed by atoms with Gasteiger partial charge in [-0.2, -0.15) is 0 Å². The number of phenolic OH excluding ortho intramolecular Hbond substituents is 2. The van der Waals surface area contributed by atoms with Crippen LogP contribution in [0.1, 0.15) is 47.9 Å². The second-order valence-electron chi connectivity index (χ2n) is 7.02. The molecule has 2 aromatic carbocycles. The molecule has 28 heavy (non-hydrogen) atoms. The number of hydrogen-bond acceptors (Lipinski definition) is 4. The van der Waals surface area contributed by atoms with Gasteiger partial charge in [-0.25, -0.2) is 0 Å². The minimum Gasteiger partial charge on any atom is -0.507 e. The van der Waals surface area contributed by atoms with Crippen molar-refractivity contribution in [1.82, 2.24) is 0 Å². The van der Waals surface area contributed by atoms with Gasteiger partial charge in [-0.15, -0.1) is 0 Å². The van der Waals surface area contributed by atoms with Gasteiger partial charge in [-0.05, 0) is 48.2 Å². The summed E-state index contributed by atoms with van der Waals surface area (Å²) in [7, 11) is 0. The van der Waals surface area contributed by atoms with E-state index in [1.165, 1.54) is 0 Å². The first-order valence-electron chi connectivity index (χ1n) is 9.58. The van der Waals surface area contributed by atoms with Crippen molar-refractivity contribution in [1.29, 1.82) is 0 Å². The second-order valence-corrected chi connectivity index (χ2v) is 7.02. The lowest BCUT2D eigenvalue weighted by atomic mass is 9.91. The number of rotatable bonds is 6. The van der Waals surface area contributed by atoms with Crippen LogP contribution >= 0.6 is 0 Å². The molecular formula is C24H26N2O2. The molecule has 4 nitrogen and oxygen atoms in total. The molecule has 1 aliphatic carbocycles. The molecule has 0 amide bonds. The average molecular weight is 374 g/mol. The maximum atomic E-state index is 10.1. The number of phenols is 2. The van der Waals surface area contributed by atoms with Crippen LogP contribution in [0.4, 0.5) is 0 Å². The van der Waals surface area contributed by atoms with Crippen LogP contribution < -0.4 is 0 Å². The van der Waals surface area contributed by atoms with Crippen molar-refractivity contribution in [2.75, 3.05) is 0 Å². The lowest BCUT2D eigenvalue weighted by Crippen LogP contribution is -2.27. The number of hydrogen-bond donors (Lipinski definition) is 2. The van der Waals surface area contributed by atoms with E-state index in [1.54, 1.807) is 36.7 Å². The summed E-state index contributed by atoms with van der Waals surface area (Å²) in [5, 5.41) is 20.1. The van der Waals surface area contributed by atoms with E-state index in [-0.39, 0.29) is 23.6 Å². The van der Waals surface area contributed by atoms with Crippen LogP contribution in [0.2, 0.25) is 0 Å². The third kappa shape index (κ3) is 4.77. The van der Waals surface area contributed by atoms with Gasteiger partial charge < -0.3 is 10.2 Å². The average Bonchev–Trinajstić information content (AvgIpc) is 2.73. The van der Waals surface area contributed by atoms with Crippen molar-refractivity contribution >= 4 is 24.6 Å². The van der Waals surface area contributed by atoms with E-state index in [2.05, 4.69) is 13.2 Å². The lowest BCUT2D eigenvalue weighted by Gasteiger charge is -2.25. The van der Waals surface area contributed by atoms with Gasteiger partial charge in [0.15, 0.2) is 0 Å². The Labute approximate surface area is 166 Å². The maximum Gasteiger partial charge on any atom is 0.124 e. The van der Waals surface area contributed by atoms with Gasteiger partial charge in [0.2, 0.25) is 0 Å². The number of benzene rings is 2. The first kappa shape index (κ1) is 19.6. The SMILES string of the molecule is C=Cc1ccc(O)c(C=NC2CCCCC2N=Cc2cc(C=C)ccc2O)c1. The molecule has 0 heterocycles. The minimum absolute atomic E-state index is 0.0570. The topological polar surface area (TPSA) is 65.2 Å². The Bertz CT molecular complexity index is 839. The van der Waals surface area contributed by atoms with Crippen molar-refractivity contribution in [2.45, 2.75) is 37.8 Å². The molecule has 0 radical (unpaired) electrons. The fraction of sp³-hybridized carbons (Fsp3) is 0.250. The Morgan fingerprint density at radius 2 is 1.18 bits per heavy atom. The van der Waals surface area contributed by atoms with E-state index in [0.717, 1.165) is 36.8 Å². The van der Waals surface area contributed by atoms with E-state index in [0.29, 0.717) is 11.1 Å². The highest BCUT2D eigenvalue weighted by molar-refractivity contribution is 5.85. The molecule has 1 fully saturated rings. The number of nitrogens with zero attached hydrogens (tertiary/aromatic N) is 2. The third-order valence-electron chi connectivity index (χ3n) is 5.08. The number of aromatic hydroxyl groups is 2. The lowest BCUT2D eigenvalue weighted by molar-refractivity contribution is 0.390. The van der Waals surface area contributed by atoms with Gasteiger partial charge in [0, 0.05) is 23.6 Å². The first-order chi connectivity index (χ1) is 13.6. The summed E-state index contributed by atoms with van der Waals surface area (Å²) < 4.78 is 0. The van der Waals surface area contributed by atoms with Gasteiger partial charge >= 0.3 is 0 Å². The van der Waals surface area contributed by atoms with E-state index < -0.39 is 0 Å². The highest BCUT2D eigenvalue weighted by Crippen LogP contribution is 2.26. The molecule has 0 spiro atoms. The van der Waals surface area contributed by atoms with E-state index >= 15 is 0 Å². The summed E-state index contributed by atoms with van der Waals surface area (Å²) in [6.45, 7) is 7.53. The van der Waals surface area contributed by atoms with Crippen LogP contribution in [0.25, 0.3) is 12.2 Å². The van der Waals surface area contributed by atoms with E-state index in [9.17, 15) is 10.2 Å². The molecular weight excluding hydrogens is 348 g/mol. The molecule has 3 rings (SSSR count). The van der Waals surface area contributed by atoms with Gasteiger partial charge in [0.25, 0.3) is 0 Å². The van der Waals surface area contributed by atoms with Crippen LogP contribution in [-0.2, 0) is 0 Å². The Balaban J connectivity index is 1.79. The molecule has 0 saturated heterocycles. The van der Waals surface area contributed by atoms with Crippen molar-refractivity contribution in [3.05, 3.63) is 71.8 Å². The molecule has 0 aromatic heterocycles.